The van der Waals surface area contributed by atoms with Crippen molar-refractivity contribution in [1.82, 2.24) is 0 Å². The second kappa shape index (κ2) is 15.6. The summed E-state index contributed by atoms with van der Waals surface area (Å²) in [4.78, 5) is 9.86. The summed E-state index contributed by atoms with van der Waals surface area (Å²) in [5, 5.41) is 9.93. The van der Waals surface area contributed by atoms with Gasteiger partial charge >= 0.3 is 18.7 Å². The van der Waals surface area contributed by atoms with E-state index in [1.165, 1.54) is 12.1 Å². The monoisotopic (exact) mass is 799 g/mol. The van der Waals surface area contributed by atoms with Crippen molar-refractivity contribution in [2.24, 2.45) is 0 Å². The number of rotatable bonds is 6. The fourth-order valence-electron chi connectivity index (χ4n) is 3.82. The molecule has 4 nitrogen and oxygen atoms in total. The van der Waals surface area contributed by atoms with Gasteiger partial charge in [-0.2, -0.15) is 26.3 Å². The second-order valence-electron chi connectivity index (χ2n) is 8.76. The van der Waals surface area contributed by atoms with Gasteiger partial charge in [0.15, 0.2) is 7.14 Å². The Labute approximate surface area is 291 Å². The van der Waals surface area contributed by atoms with E-state index in [0.717, 1.165) is 0 Å². The molecule has 0 bridgehead atoms. The van der Waals surface area contributed by atoms with Crippen LogP contribution in [0.1, 0.15) is 0 Å². The van der Waals surface area contributed by atoms with Crippen molar-refractivity contribution in [2.75, 3.05) is 0 Å². The van der Waals surface area contributed by atoms with Gasteiger partial charge < -0.3 is 14.4 Å². The predicted octanol–water partition coefficient (Wildman–Crippen LogP) is 8.01. The summed E-state index contributed by atoms with van der Waals surface area (Å²) in [6, 6.07) is 31.3. The second-order valence-corrected chi connectivity index (χ2v) is 11.5. The standard InChI is InChI=1S/C25H18F3O2P.C5H2F6O2.Eu/c26-25(27,28)30-20-17-15-19(16-18-20)23-13-7-8-14-24(23)31(29,21-9-3-1-4-10-21)22-11-5-2-6-12-22;6-4(7,8)2(12)1-3(13)5(9,10)11;/h1-18H;1,12H;/b;2-1-;. The van der Waals surface area contributed by atoms with E-state index in [9.17, 15) is 48.9 Å². The molecule has 45 heavy (non-hydrogen) atoms. The number of carbonyl (C=O) groups excluding carboxylic acids is 1. The van der Waals surface area contributed by atoms with Crippen LogP contribution < -0.4 is 20.7 Å². The minimum absolute atomic E-state index is 0. The molecule has 1 radical (unpaired) electrons. The number of allylic oxidation sites excluding steroid dienone is 2. The molecule has 1 N–H and O–H groups in total. The Morgan fingerprint density at radius 3 is 1.51 bits per heavy atom. The normalized spacial score (nSPS) is 12.3. The van der Waals surface area contributed by atoms with Gasteiger partial charge in [-0.3, -0.25) is 4.79 Å². The molecular formula is C30H20EuF9O4P. The van der Waals surface area contributed by atoms with Crippen molar-refractivity contribution in [3.05, 3.63) is 121 Å². The Bertz CT molecular complexity index is 1590. The van der Waals surface area contributed by atoms with E-state index < -0.39 is 43.5 Å². The summed E-state index contributed by atoms with van der Waals surface area (Å²) in [5.41, 5.74) is 1.34. The number of hydrogen-bond donors (Lipinski definition) is 1. The summed E-state index contributed by atoms with van der Waals surface area (Å²) in [6.45, 7) is 0. The van der Waals surface area contributed by atoms with Crippen molar-refractivity contribution >= 4 is 28.8 Å². The average Bonchev–Trinajstić information content (AvgIpc) is 2.96. The molecule has 0 aliphatic rings. The Hall–Kier alpha value is -2.93. The number of aliphatic hydroxyl groups is 1. The quantitative estimate of drug-likeness (QED) is 0.0930. The third kappa shape index (κ3) is 10.6. The molecule has 0 saturated heterocycles. The zero-order valence-electron chi connectivity index (χ0n) is 22.4. The van der Waals surface area contributed by atoms with Crippen molar-refractivity contribution in [2.45, 2.75) is 18.7 Å². The fraction of sp³-hybridized carbons (Fsp3) is 0.100. The van der Waals surface area contributed by atoms with Gasteiger partial charge in [-0.05, 0) is 23.3 Å². The molecule has 0 aromatic heterocycles. The molecule has 0 aliphatic carbocycles. The number of ether oxygens (including phenoxy) is 1. The van der Waals surface area contributed by atoms with Crippen molar-refractivity contribution in [3.63, 3.8) is 0 Å². The first-order valence-electron chi connectivity index (χ1n) is 12.2. The van der Waals surface area contributed by atoms with E-state index in [4.69, 9.17) is 5.11 Å². The molecule has 239 valence electrons. The first-order valence-corrected chi connectivity index (χ1v) is 13.9. The van der Waals surface area contributed by atoms with Crippen LogP contribution >= 0.6 is 7.14 Å². The molecule has 15 heteroatoms. The fourth-order valence-corrected chi connectivity index (χ4v) is 6.70. The molecule has 0 unspecified atom stereocenters. The summed E-state index contributed by atoms with van der Waals surface area (Å²) >= 11 is 0. The number of carbonyl (C=O) groups is 1. The Balaban J connectivity index is 0.000000430. The molecule has 0 saturated carbocycles. The van der Waals surface area contributed by atoms with Crippen molar-refractivity contribution in [3.8, 4) is 16.9 Å². The number of benzene rings is 4. The summed E-state index contributed by atoms with van der Waals surface area (Å²) in [6.07, 6.45) is -16.4. The molecule has 0 fully saturated rings. The molecule has 4 rings (SSSR count). The Morgan fingerprint density at radius 2 is 1.09 bits per heavy atom. The molecule has 4 aromatic carbocycles. The van der Waals surface area contributed by atoms with Crippen LogP contribution in [-0.4, -0.2) is 29.6 Å². The Kier molecular flexibility index (Phi) is 13.2. The summed E-state index contributed by atoms with van der Waals surface area (Å²) in [5.74, 6) is -5.64. The number of ketones is 1. The van der Waals surface area contributed by atoms with Crippen LogP contribution in [0.25, 0.3) is 11.1 Å². The van der Waals surface area contributed by atoms with E-state index in [1.54, 1.807) is 12.1 Å². The molecule has 0 spiro atoms. The maximum Gasteiger partial charge on any atom is 0.573 e. The number of hydrogen-bond acceptors (Lipinski definition) is 4. The van der Waals surface area contributed by atoms with Gasteiger partial charge in [0.05, 0.1) is 0 Å². The van der Waals surface area contributed by atoms with E-state index in [-0.39, 0.29) is 55.1 Å². The molecule has 0 aliphatic heterocycles. The van der Waals surface area contributed by atoms with Gasteiger partial charge in [0, 0.05) is 71.4 Å². The maximum absolute atomic E-state index is 14.7. The van der Waals surface area contributed by atoms with Crippen LogP contribution in [0.4, 0.5) is 39.5 Å². The number of alkyl halides is 9. The molecule has 0 heterocycles. The van der Waals surface area contributed by atoms with Crippen LogP contribution in [0, 0.1) is 49.4 Å². The minimum atomic E-state index is -5.42. The van der Waals surface area contributed by atoms with Crippen LogP contribution in [0.15, 0.2) is 121 Å². The maximum atomic E-state index is 14.7. The third-order valence-electron chi connectivity index (χ3n) is 5.72. The summed E-state index contributed by atoms with van der Waals surface area (Å²) in [7, 11) is -3.24. The van der Waals surface area contributed by atoms with E-state index in [0.29, 0.717) is 27.0 Å². The van der Waals surface area contributed by atoms with Gasteiger partial charge in [0.25, 0.3) is 5.78 Å². The predicted molar refractivity (Wildman–Crippen MR) is 146 cm³/mol. The van der Waals surface area contributed by atoms with Gasteiger partial charge in [-0.25, -0.2) is 0 Å². The smallest absolute Gasteiger partial charge is 0.504 e. The van der Waals surface area contributed by atoms with Crippen LogP contribution in [0.2, 0.25) is 0 Å². The molecule has 0 amide bonds. The number of aliphatic hydroxyl groups excluding tert-OH is 1. The number of halogens is 9. The van der Waals surface area contributed by atoms with Gasteiger partial charge in [-0.1, -0.05) is 97.1 Å². The van der Waals surface area contributed by atoms with E-state index in [1.807, 2.05) is 84.9 Å². The van der Waals surface area contributed by atoms with E-state index in [2.05, 4.69) is 4.74 Å². The van der Waals surface area contributed by atoms with Gasteiger partial charge in [0.1, 0.15) is 5.75 Å². The van der Waals surface area contributed by atoms with Crippen molar-refractivity contribution in [1.29, 1.82) is 0 Å². The SMILES string of the molecule is O=C(/C=C(\O)C(F)(F)F)C(F)(F)F.O=P(c1ccccc1)(c1ccccc1)c1ccccc1-c1ccc(OC(F)(F)F)cc1.[Eu]. The van der Waals surface area contributed by atoms with Crippen LogP contribution in [-0.2, 0) is 9.36 Å². The third-order valence-corrected chi connectivity index (χ3v) is 8.84. The summed E-state index contributed by atoms with van der Waals surface area (Å²) < 4.78 is 124. The van der Waals surface area contributed by atoms with Gasteiger partial charge in [0.2, 0.25) is 5.76 Å². The first kappa shape index (κ1) is 38.3. The largest absolute Gasteiger partial charge is 0.573 e. The van der Waals surface area contributed by atoms with Gasteiger partial charge in [-0.15, -0.1) is 13.2 Å². The van der Waals surface area contributed by atoms with Crippen LogP contribution in [0.5, 0.6) is 5.75 Å². The Morgan fingerprint density at radius 1 is 0.644 bits per heavy atom. The van der Waals surface area contributed by atoms with E-state index >= 15 is 0 Å². The van der Waals surface area contributed by atoms with Crippen molar-refractivity contribution < 1.29 is 108 Å². The van der Waals surface area contributed by atoms with Crippen LogP contribution in [0.3, 0.4) is 0 Å². The first-order chi connectivity index (χ1) is 20.4. The minimum Gasteiger partial charge on any atom is -0.504 e. The molecular weight excluding hydrogens is 778 g/mol. The zero-order valence-corrected chi connectivity index (χ0v) is 25.7. The molecule has 0 atom stereocenters. The molecule has 4 aromatic rings. The topological polar surface area (TPSA) is 63.6 Å². The zero-order chi connectivity index (χ0) is 32.8. The average molecular weight is 798 g/mol.